The summed E-state index contributed by atoms with van der Waals surface area (Å²) in [4.78, 5) is 38.8. The zero-order chi connectivity index (χ0) is 22.2. The van der Waals surface area contributed by atoms with E-state index in [4.69, 9.17) is 0 Å². The van der Waals surface area contributed by atoms with Gasteiger partial charge in [-0.05, 0) is 43.2 Å². The summed E-state index contributed by atoms with van der Waals surface area (Å²) in [5, 5.41) is 5.56. The highest BCUT2D eigenvalue weighted by Gasteiger charge is 2.37. The number of benzene rings is 2. The smallest absolute Gasteiger partial charge is 0.349 e. The molecule has 0 unspecified atom stereocenters. The minimum atomic E-state index is -4.53. The molecular formula is C22H20F3N3O3. The number of nitrogens with one attached hydrogen (secondary N) is 2. The van der Waals surface area contributed by atoms with Crippen LogP contribution in [0.2, 0.25) is 0 Å². The molecule has 2 aromatic rings. The molecule has 0 spiro atoms. The summed E-state index contributed by atoms with van der Waals surface area (Å²) in [5.41, 5.74) is -0.113. The average Bonchev–Trinajstić information content (AvgIpc) is 3.46. The fourth-order valence-corrected chi connectivity index (χ4v) is 3.50. The van der Waals surface area contributed by atoms with Crippen LogP contribution < -0.4 is 15.5 Å². The predicted molar refractivity (Wildman–Crippen MR) is 107 cm³/mol. The van der Waals surface area contributed by atoms with Gasteiger partial charge < -0.3 is 15.5 Å². The molecule has 2 fully saturated rings. The second-order valence-electron chi connectivity index (χ2n) is 7.74. The standard InChI is InChI=1S/C22H20F3N3O3/c23-22(24,25)14-4-3-5-16(11-14)28-12-13(10-19(28)29)20(30)27-18-7-2-1-6-17(18)21(31)26-15-8-9-15/h1-7,11,13,15H,8-10,12H2,(H,26,31)(H,27,30)/t13-/m0/s1. The predicted octanol–water partition coefficient (Wildman–Crippen LogP) is 3.59. The molecule has 0 radical (unpaired) electrons. The zero-order valence-corrected chi connectivity index (χ0v) is 16.4. The first-order chi connectivity index (χ1) is 14.7. The molecule has 1 saturated heterocycles. The molecule has 6 nitrogen and oxygen atoms in total. The molecular weight excluding hydrogens is 411 g/mol. The molecule has 4 rings (SSSR count). The number of amides is 3. The third-order valence-electron chi connectivity index (χ3n) is 5.32. The Labute approximate surface area is 176 Å². The van der Waals surface area contributed by atoms with E-state index in [1.54, 1.807) is 24.3 Å². The van der Waals surface area contributed by atoms with Crippen LogP contribution in [0, 0.1) is 5.92 Å². The lowest BCUT2D eigenvalue weighted by Gasteiger charge is -2.18. The highest BCUT2D eigenvalue weighted by atomic mass is 19.4. The van der Waals surface area contributed by atoms with E-state index in [0.717, 1.165) is 25.0 Å². The summed E-state index contributed by atoms with van der Waals surface area (Å²) in [5.74, 6) is -1.93. The van der Waals surface area contributed by atoms with Crippen molar-refractivity contribution in [2.75, 3.05) is 16.8 Å². The van der Waals surface area contributed by atoms with Crippen molar-refractivity contribution >= 4 is 29.1 Å². The van der Waals surface area contributed by atoms with Crippen LogP contribution in [0.5, 0.6) is 0 Å². The topological polar surface area (TPSA) is 78.5 Å². The SMILES string of the molecule is O=C(NC1CC1)c1ccccc1NC(=O)[C@H]1CC(=O)N(c2cccc(C(F)(F)F)c2)C1. The molecule has 2 N–H and O–H groups in total. The Bertz CT molecular complexity index is 1030. The number of alkyl halides is 3. The summed E-state index contributed by atoms with van der Waals surface area (Å²) in [6.07, 6.45) is -2.80. The molecule has 1 heterocycles. The number of hydrogen-bond donors (Lipinski definition) is 2. The van der Waals surface area contributed by atoms with Crippen molar-refractivity contribution in [2.24, 2.45) is 5.92 Å². The fourth-order valence-electron chi connectivity index (χ4n) is 3.50. The normalized spacial score (nSPS) is 18.7. The maximum Gasteiger partial charge on any atom is 0.416 e. The van der Waals surface area contributed by atoms with Crippen molar-refractivity contribution < 1.29 is 27.6 Å². The van der Waals surface area contributed by atoms with Gasteiger partial charge in [-0.1, -0.05) is 18.2 Å². The van der Waals surface area contributed by atoms with Crippen LogP contribution in [0.1, 0.15) is 35.2 Å². The molecule has 162 valence electrons. The molecule has 0 aromatic heterocycles. The van der Waals surface area contributed by atoms with Crippen molar-refractivity contribution in [1.82, 2.24) is 5.32 Å². The summed E-state index contributed by atoms with van der Waals surface area (Å²) in [6.45, 7) is -0.0393. The van der Waals surface area contributed by atoms with Crippen molar-refractivity contribution in [3.8, 4) is 0 Å². The van der Waals surface area contributed by atoms with Gasteiger partial charge in [-0.25, -0.2) is 0 Å². The molecule has 1 aliphatic carbocycles. The van der Waals surface area contributed by atoms with E-state index in [9.17, 15) is 27.6 Å². The Morgan fingerprint density at radius 1 is 1.03 bits per heavy atom. The van der Waals surface area contributed by atoms with E-state index in [1.165, 1.54) is 17.0 Å². The van der Waals surface area contributed by atoms with Gasteiger partial charge in [-0.2, -0.15) is 13.2 Å². The van der Waals surface area contributed by atoms with Gasteiger partial charge >= 0.3 is 6.18 Å². The molecule has 2 aromatic carbocycles. The lowest BCUT2D eigenvalue weighted by Crippen LogP contribution is -2.30. The van der Waals surface area contributed by atoms with E-state index < -0.39 is 29.5 Å². The van der Waals surface area contributed by atoms with Gasteiger partial charge in [0, 0.05) is 24.7 Å². The average molecular weight is 431 g/mol. The Hall–Kier alpha value is -3.36. The zero-order valence-electron chi connectivity index (χ0n) is 16.4. The highest BCUT2D eigenvalue weighted by molar-refractivity contribution is 6.07. The van der Waals surface area contributed by atoms with Crippen molar-refractivity contribution in [2.45, 2.75) is 31.5 Å². The summed E-state index contributed by atoms with van der Waals surface area (Å²) >= 11 is 0. The molecule has 1 saturated carbocycles. The van der Waals surface area contributed by atoms with Crippen LogP contribution in [0.4, 0.5) is 24.5 Å². The van der Waals surface area contributed by atoms with Gasteiger partial charge in [0.05, 0.1) is 22.7 Å². The van der Waals surface area contributed by atoms with E-state index in [2.05, 4.69) is 10.6 Å². The van der Waals surface area contributed by atoms with Crippen LogP contribution in [0.25, 0.3) is 0 Å². The van der Waals surface area contributed by atoms with E-state index in [1.807, 2.05) is 0 Å². The maximum absolute atomic E-state index is 13.0. The van der Waals surface area contributed by atoms with Crippen molar-refractivity contribution in [3.63, 3.8) is 0 Å². The molecule has 2 aliphatic rings. The number of anilines is 2. The molecule has 3 amide bonds. The highest BCUT2D eigenvalue weighted by Crippen LogP contribution is 2.33. The first-order valence-corrected chi connectivity index (χ1v) is 9.91. The van der Waals surface area contributed by atoms with Crippen LogP contribution in [0.3, 0.4) is 0 Å². The van der Waals surface area contributed by atoms with Crippen LogP contribution in [-0.2, 0) is 15.8 Å². The molecule has 31 heavy (non-hydrogen) atoms. The third-order valence-corrected chi connectivity index (χ3v) is 5.32. The number of hydrogen-bond acceptors (Lipinski definition) is 3. The van der Waals surface area contributed by atoms with Crippen LogP contribution >= 0.6 is 0 Å². The summed E-state index contributed by atoms with van der Waals surface area (Å²) in [6, 6.07) is 11.2. The Morgan fingerprint density at radius 3 is 2.48 bits per heavy atom. The largest absolute Gasteiger partial charge is 0.416 e. The lowest BCUT2D eigenvalue weighted by molar-refractivity contribution is -0.137. The number of para-hydroxylation sites is 1. The van der Waals surface area contributed by atoms with Crippen LogP contribution in [0.15, 0.2) is 48.5 Å². The van der Waals surface area contributed by atoms with Gasteiger partial charge in [-0.15, -0.1) is 0 Å². The Kier molecular flexibility index (Phi) is 5.43. The number of carbonyl (C=O) groups excluding carboxylic acids is 3. The lowest BCUT2D eigenvalue weighted by atomic mass is 10.1. The second-order valence-corrected chi connectivity index (χ2v) is 7.74. The van der Waals surface area contributed by atoms with Gasteiger partial charge in [-0.3, -0.25) is 14.4 Å². The third kappa shape index (κ3) is 4.70. The molecule has 1 aliphatic heterocycles. The van der Waals surface area contributed by atoms with Gasteiger partial charge in [0.2, 0.25) is 11.8 Å². The number of rotatable bonds is 5. The van der Waals surface area contributed by atoms with E-state index in [-0.39, 0.29) is 30.6 Å². The molecule has 1 atom stereocenters. The van der Waals surface area contributed by atoms with Gasteiger partial charge in [0.25, 0.3) is 5.91 Å². The molecule has 0 bridgehead atoms. The fraction of sp³-hybridized carbons (Fsp3) is 0.318. The number of carbonyl (C=O) groups is 3. The van der Waals surface area contributed by atoms with Crippen LogP contribution in [-0.4, -0.2) is 30.3 Å². The quantitative estimate of drug-likeness (QED) is 0.760. The van der Waals surface area contributed by atoms with Gasteiger partial charge in [0.15, 0.2) is 0 Å². The Morgan fingerprint density at radius 2 is 1.77 bits per heavy atom. The Balaban J connectivity index is 1.47. The van der Waals surface area contributed by atoms with Crippen molar-refractivity contribution in [3.05, 3.63) is 59.7 Å². The van der Waals surface area contributed by atoms with Gasteiger partial charge in [0.1, 0.15) is 0 Å². The first kappa shape index (κ1) is 20.9. The number of halogens is 3. The molecule has 9 heteroatoms. The second kappa shape index (κ2) is 8.05. The first-order valence-electron chi connectivity index (χ1n) is 9.91. The van der Waals surface area contributed by atoms with E-state index in [0.29, 0.717) is 11.3 Å². The maximum atomic E-state index is 13.0. The monoisotopic (exact) mass is 431 g/mol. The summed E-state index contributed by atoms with van der Waals surface area (Å²) < 4.78 is 39.0. The van der Waals surface area contributed by atoms with E-state index >= 15 is 0 Å². The summed E-state index contributed by atoms with van der Waals surface area (Å²) in [7, 11) is 0. The minimum Gasteiger partial charge on any atom is -0.349 e. The minimum absolute atomic E-state index is 0.0393. The number of nitrogens with zero attached hydrogens (tertiary/aromatic N) is 1. The van der Waals surface area contributed by atoms with Crippen molar-refractivity contribution in [1.29, 1.82) is 0 Å².